The lowest BCUT2D eigenvalue weighted by atomic mass is 9.85. The molecule has 38 heavy (non-hydrogen) atoms. The Labute approximate surface area is 229 Å². The number of hydrazine groups is 1. The normalized spacial score (nSPS) is 12.6. The van der Waals surface area contributed by atoms with Gasteiger partial charge in [-0.3, -0.25) is 29.4 Å². The molecule has 0 saturated carbocycles. The summed E-state index contributed by atoms with van der Waals surface area (Å²) in [6.45, 7) is 4.31. The Bertz CT molecular complexity index is 1200. The number of hydrogen-bond donors (Lipinski definition) is 5. The van der Waals surface area contributed by atoms with E-state index in [9.17, 15) is 24.0 Å². The summed E-state index contributed by atoms with van der Waals surface area (Å²) in [7, 11) is 0. The molecule has 6 N–H and O–H groups in total. The van der Waals surface area contributed by atoms with Gasteiger partial charge in [0.2, 0.25) is 5.91 Å². The molecule has 0 bridgehead atoms. The van der Waals surface area contributed by atoms with Gasteiger partial charge in [-0.15, -0.1) is 11.6 Å². The molecule has 11 nitrogen and oxygen atoms in total. The molecule has 2 atom stereocenters. The van der Waals surface area contributed by atoms with Gasteiger partial charge < -0.3 is 21.5 Å². The van der Waals surface area contributed by atoms with E-state index in [2.05, 4.69) is 16.1 Å². The predicted octanol–water partition coefficient (Wildman–Crippen LogP) is 2.11. The Balaban J connectivity index is 2.35. The highest BCUT2D eigenvalue weighted by atomic mass is 35.5. The maximum absolute atomic E-state index is 13.5. The van der Waals surface area contributed by atoms with E-state index in [-0.39, 0.29) is 16.3 Å². The minimum atomic E-state index is -1.39. The lowest BCUT2D eigenvalue weighted by molar-refractivity contribution is -0.149. The number of nitrogens with two attached hydrogens (primary N) is 1. The van der Waals surface area contributed by atoms with Crippen LogP contribution in [0.1, 0.15) is 42.7 Å². The van der Waals surface area contributed by atoms with Crippen LogP contribution >= 0.6 is 23.2 Å². The van der Waals surface area contributed by atoms with Gasteiger partial charge in [-0.05, 0) is 29.2 Å². The molecule has 0 spiro atoms. The zero-order valence-electron chi connectivity index (χ0n) is 21.0. The first-order valence-corrected chi connectivity index (χ1v) is 12.3. The molecule has 0 aliphatic heterocycles. The lowest BCUT2D eigenvalue weighted by Crippen LogP contribution is -2.57. The van der Waals surface area contributed by atoms with Crippen molar-refractivity contribution < 1.29 is 29.1 Å². The molecule has 204 valence electrons. The van der Waals surface area contributed by atoms with Crippen LogP contribution in [0.5, 0.6) is 0 Å². The summed E-state index contributed by atoms with van der Waals surface area (Å²) in [5.41, 5.74) is 7.91. The number of nitrogens with zero attached hydrogens (tertiary/aromatic N) is 1. The van der Waals surface area contributed by atoms with Crippen molar-refractivity contribution in [1.29, 1.82) is 0 Å². The second-order valence-electron chi connectivity index (χ2n) is 9.34. The van der Waals surface area contributed by atoms with Crippen molar-refractivity contribution in [3.05, 3.63) is 64.7 Å². The van der Waals surface area contributed by atoms with E-state index in [4.69, 9.17) is 34.0 Å². The Hall–Kier alpha value is -3.83. The van der Waals surface area contributed by atoms with Gasteiger partial charge in [0.15, 0.2) is 0 Å². The van der Waals surface area contributed by atoms with Gasteiger partial charge in [0.25, 0.3) is 17.7 Å². The number of nitrogens with one attached hydrogen (secondary N) is 3. The molecular weight excluding hydrogens is 537 g/mol. The first-order valence-electron chi connectivity index (χ1n) is 11.3. The number of nitrogen functional groups attached to an aromatic ring is 1. The maximum Gasteiger partial charge on any atom is 0.325 e. The Morgan fingerprint density at radius 2 is 1.63 bits per heavy atom. The van der Waals surface area contributed by atoms with E-state index in [0.29, 0.717) is 10.6 Å². The van der Waals surface area contributed by atoms with Crippen LogP contribution in [-0.4, -0.2) is 58.2 Å². The molecule has 4 amide bonds. The third kappa shape index (κ3) is 8.35. The predicted molar refractivity (Wildman–Crippen MR) is 142 cm³/mol. The molecule has 2 rings (SSSR count). The van der Waals surface area contributed by atoms with Crippen LogP contribution in [0.25, 0.3) is 0 Å². The first-order chi connectivity index (χ1) is 17.7. The van der Waals surface area contributed by atoms with Gasteiger partial charge in [0.1, 0.15) is 24.5 Å². The molecule has 0 aromatic heterocycles. The van der Waals surface area contributed by atoms with Crippen LogP contribution in [0, 0.1) is 5.41 Å². The van der Waals surface area contributed by atoms with Crippen LogP contribution in [0.15, 0.2) is 48.5 Å². The van der Waals surface area contributed by atoms with Gasteiger partial charge in [-0.1, -0.05) is 62.7 Å². The molecular formula is C25H29Cl2N5O6. The van der Waals surface area contributed by atoms with Crippen molar-refractivity contribution in [2.75, 3.05) is 18.2 Å². The zero-order valence-corrected chi connectivity index (χ0v) is 22.5. The number of halogens is 2. The first kappa shape index (κ1) is 30.4. The topological polar surface area (TPSA) is 171 Å². The molecule has 0 saturated heterocycles. The van der Waals surface area contributed by atoms with Crippen LogP contribution in [-0.2, 0) is 19.2 Å². The number of alkyl halides is 1. The highest BCUT2D eigenvalue weighted by Crippen LogP contribution is 2.24. The Morgan fingerprint density at radius 3 is 2.16 bits per heavy atom. The zero-order chi connectivity index (χ0) is 28.6. The van der Waals surface area contributed by atoms with Crippen LogP contribution in [0.3, 0.4) is 0 Å². The average Bonchev–Trinajstić information content (AvgIpc) is 2.85. The van der Waals surface area contributed by atoms with Gasteiger partial charge in [0, 0.05) is 5.56 Å². The fourth-order valence-corrected chi connectivity index (χ4v) is 3.65. The maximum atomic E-state index is 13.5. The number of rotatable bonds is 9. The van der Waals surface area contributed by atoms with Gasteiger partial charge in [-0.25, -0.2) is 5.01 Å². The molecule has 2 aromatic carbocycles. The van der Waals surface area contributed by atoms with Crippen molar-refractivity contribution in [1.82, 2.24) is 21.1 Å². The highest BCUT2D eigenvalue weighted by molar-refractivity contribution is 6.33. The van der Waals surface area contributed by atoms with Crippen molar-refractivity contribution in [2.24, 2.45) is 5.41 Å². The second kappa shape index (κ2) is 13.1. The average molecular weight is 566 g/mol. The number of carboxylic acids is 1. The molecule has 2 aromatic rings. The summed E-state index contributed by atoms with van der Waals surface area (Å²) >= 11 is 11.6. The quantitative estimate of drug-likeness (QED) is 0.176. The molecule has 0 heterocycles. The largest absolute Gasteiger partial charge is 0.480 e. The third-order valence-corrected chi connectivity index (χ3v) is 5.86. The van der Waals surface area contributed by atoms with Crippen LogP contribution in [0.2, 0.25) is 5.02 Å². The minimum Gasteiger partial charge on any atom is -0.480 e. The van der Waals surface area contributed by atoms with E-state index in [1.807, 2.05) is 0 Å². The number of amides is 4. The SMILES string of the molecule is CC(C)(C)[C@H](NC(=O)c1ccc(N)c(Cl)c1)C(=O)NC(C(=O)NN(CC(=O)O)C(=O)CCl)c1ccccc1. The summed E-state index contributed by atoms with van der Waals surface area (Å²) in [4.78, 5) is 62.9. The number of carboxylic acid groups (broad SMARTS) is 1. The summed E-state index contributed by atoms with van der Waals surface area (Å²) < 4.78 is 0. The summed E-state index contributed by atoms with van der Waals surface area (Å²) in [5.74, 6) is -5.02. The van der Waals surface area contributed by atoms with Crippen molar-refractivity contribution in [3.8, 4) is 0 Å². The number of hydrogen-bond acceptors (Lipinski definition) is 6. The molecule has 1 unspecified atom stereocenters. The number of benzene rings is 2. The monoisotopic (exact) mass is 565 g/mol. The van der Waals surface area contributed by atoms with Gasteiger partial charge >= 0.3 is 5.97 Å². The Morgan fingerprint density at radius 1 is 1.00 bits per heavy atom. The fourth-order valence-electron chi connectivity index (χ4n) is 3.32. The molecule has 13 heteroatoms. The third-order valence-electron chi connectivity index (χ3n) is 5.30. The Kier molecular flexibility index (Phi) is 10.5. The van der Waals surface area contributed by atoms with E-state index >= 15 is 0 Å². The number of aliphatic carboxylic acids is 1. The highest BCUT2D eigenvalue weighted by Gasteiger charge is 2.36. The van der Waals surface area contributed by atoms with Crippen LogP contribution in [0.4, 0.5) is 5.69 Å². The summed E-state index contributed by atoms with van der Waals surface area (Å²) in [6, 6.07) is 9.92. The number of carbonyl (C=O) groups excluding carboxylic acids is 4. The molecule has 0 fully saturated rings. The molecule has 0 aliphatic carbocycles. The fraction of sp³-hybridized carbons (Fsp3) is 0.320. The number of carbonyl (C=O) groups is 5. The summed E-state index contributed by atoms with van der Waals surface area (Å²) in [5, 5.41) is 15.1. The van der Waals surface area contributed by atoms with E-state index in [1.54, 1.807) is 51.1 Å². The second-order valence-corrected chi connectivity index (χ2v) is 10.0. The standard InChI is InChI=1S/C25H29Cl2N5O6/c1-25(2,3)21(30-22(36)15-9-10-17(28)16(27)11-15)24(38)29-20(14-7-5-4-6-8-14)23(37)31-32(13-19(34)35)18(33)12-26/h4-11,20-21H,12-13,28H2,1-3H3,(H,29,38)(H,30,36)(H,31,37)(H,34,35)/t20?,21-/m1/s1. The number of anilines is 1. The smallest absolute Gasteiger partial charge is 0.325 e. The minimum absolute atomic E-state index is 0.174. The van der Waals surface area contributed by atoms with E-state index in [1.165, 1.54) is 18.2 Å². The van der Waals surface area contributed by atoms with Crippen LogP contribution < -0.4 is 21.8 Å². The lowest BCUT2D eigenvalue weighted by Gasteiger charge is -2.32. The van der Waals surface area contributed by atoms with E-state index in [0.717, 1.165) is 0 Å². The van der Waals surface area contributed by atoms with Gasteiger partial charge in [0.05, 0.1) is 10.7 Å². The van der Waals surface area contributed by atoms with E-state index < -0.39 is 59.5 Å². The molecule has 0 aliphatic rings. The van der Waals surface area contributed by atoms with Crippen molar-refractivity contribution in [3.63, 3.8) is 0 Å². The molecule has 0 radical (unpaired) electrons. The van der Waals surface area contributed by atoms with Crippen molar-refractivity contribution >= 4 is 58.5 Å². The van der Waals surface area contributed by atoms with Gasteiger partial charge in [-0.2, -0.15) is 0 Å². The summed E-state index contributed by atoms with van der Waals surface area (Å²) in [6.07, 6.45) is 0. The van der Waals surface area contributed by atoms with Crippen molar-refractivity contribution in [2.45, 2.75) is 32.9 Å².